The highest BCUT2D eigenvalue weighted by Gasteiger charge is 2.49. The van der Waals surface area contributed by atoms with Gasteiger partial charge in [-0.25, -0.2) is 22.0 Å². The van der Waals surface area contributed by atoms with Crippen molar-refractivity contribution in [3.8, 4) is 0 Å². The van der Waals surface area contributed by atoms with Crippen LogP contribution in [0, 0.1) is 34.9 Å². The first kappa shape index (κ1) is 44.7. The molecule has 1 unspecified atom stereocenters. The van der Waals surface area contributed by atoms with Crippen LogP contribution in [0.2, 0.25) is 0 Å². The van der Waals surface area contributed by atoms with Gasteiger partial charge in [-0.1, -0.05) is 24.6 Å². The number of unbranched alkanes of at least 4 members (excludes halogenated alkanes) is 4. The Morgan fingerprint density at radius 2 is 1.41 bits per heavy atom. The van der Waals surface area contributed by atoms with Gasteiger partial charge in [0.15, 0.2) is 34.8 Å². The van der Waals surface area contributed by atoms with Crippen LogP contribution in [-0.4, -0.2) is 71.9 Å². The fourth-order valence-electron chi connectivity index (χ4n) is 7.52. The zero-order chi connectivity index (χ0) is 41.8. The van der Waals surface area contributed by atoms with Crippen LogP contribution < -0.4 is 4.90 Å². The molecule has 0 saturated heterocycles. The van der Waals surface area contributed by atoms with E-state index >= 15 is 13.2 Å². The molecule has 0 aliphatic carbocycles. The Bertz CT molecular complexity index is 2200. The molecule has 0 fully saturated rings. The molecule has 2 aromatic carbocycles. The van der Waals surface area contributed by atoms with E-state index in [-0.39, 0.29) is 63.0 Å². The first-order chi connectivity index (χ1) is 26.0. The van der Waals surface area contributed by atoms with Crippen LogP contribution in [0.4, 0.5) is 37.7 Å². The number of benzene rings is 2. The van der Waals surface area contributed by atoms with Crippen LogP contribution in [0.15, 0.2) is 48.2 Å². The Kier molecular flexibility index (Phi) is 14.1. The second kappa shape index (κ2) is 17.6. The number of carboxylic acid groups (broad SMARTS) is 1. The highest BCUT2D eigenvalue weighted by Crippen LogP contribution is 2.54. The minimum Gasteiger partial charge on any atom is -0.481 e. The highest BCUT2D eigenvalue weighted by molar-refractivity contribution is 7.86. The minimum atomic E-state index is -4.38. The molecule has 0 saturated carbocycles. The molecular weight excluding hydrogens is 791 g/mol. The van der Waals surface area contributed by atoms with Crippen molar-refractivity contribution in [1.29, 1.82) is 0 Å². The summed E-state index contributed by atoms with van der Waals surface area (Å²) in [6, 6.07) is 2.03. The van der Waals surface area contributed by atoms with Gasteiger partial charge in [0.1, 0.15) is 12.4 Å². The number of fused-ring (bicyclic) bond motifs is 2. The fourth-order valence-corrected chi connectivity index (χ4v) is 8.66. The first-order valence-corrected chi connectivity index (χ1v) is 21.2. The normalized spacial score (nSPS) is 18.9. The maximum Gasteiger partial charge on any atom is 0.303 e. The van der Waals surface area contributed by atoms with Crippen molar-refractivity contribution in [2.45, 2.75) is 89.4 Å². The molecule has 0 amide bonds. The predicted octanol–water partition coefficient (Wildman–Crippen LogP) is 8.04. The molecule has 2 heterocycles. The summed E-state index contributed by atoms with van der Waals surface area (Å²) < 4.78 is 156. The van der Waals surface area contributed by atoms with Gasteiger partial charge >= 0.3 is 5.97 Å². The predicted molar refractivity (Wildman–Crippen MR) is 199 cm³/mol. The third-order valence-electron chi connectivity index (χ3n) is 10.2. The average molecular weight is 836 g/mol. The van der Waals surface area contributed by atoms with Gasteiger partial charge in [0, 0.05) is 53.8 Å². The van der Waals surface area contributed by atoms with Crippen LogP contribution in [-0.2, 0) is 35.9 Å². The highest BCUT2D eigenvalue weighted by atomic mass is 32.2. The zero-order valence-electron chi connectivity index (χ0n) is 31.1. The number of hydrogen-bond donors (Lipinski definition) is 3. The van der Waals surface area contributed by atoms with Crippen LogP contribution in [0.1, 0.15) is 89.7 Å². The lowest BCUT2D eigenvalue weighted by molar-refractivity contribution is -0.440. The van der Waals surface area contributed by atoms with E-state index in [2.05, 4.69) is 0 Å². The maximum absolute atomic E-state index is 15.7. The zero-order valence-corrected chi connectivity index (χ0v) is 32.7. The number of anilines is 1. The van der Waals surface area contributed by atoms with E-state index in [1.807, 2.05) is 0 Å². The summed E-state index contributed by atoms with van der Waals surface area (Å²) in [5, 5.41) is 8.98. The molecule has 3 N–H and O–H groups in total. The summed E-state index contributed by atoms with van der Waals surface area (Å²) in [6.45, 7) is 5.06. The van der Waals surface area contributed by atoms with Gasteiger partial charge in [0.25, 0.3) is 20.2 Å². The van der Waals surface area contributed by atoms with Crippen molar-refractivity contribution in [2.75, 3.05) is 29.5 Å². The average Bonchev–Trinajstić information content (AvgIpc) is 3.45. The summed E-state index contributed by atoms with van der Waals surface area (Å²) in [5.74, 6) is -11.3. The van der Waals surface area contributed by atoms with E-state index in [4.69, 9.17) is 5.11 Å². The van der Waals surface area contributed by atoms with Crippen molar-refractivity contribution in [3.63, 3.8) is 0 Å². The number of halogens is 6. The van der Waals surface area contributed by atoms with Gasteiger partial charge in [-0.2, -0.15) is 25.8 Å². The van der Waals surface area contributed by atoms with Crippen molar-refractivity contribution in [2.24, 2.45) is 0 Å². The van der Waals surface area contributed by atoms with E-state index in [0.29, 0.717) is 30.5 Å². The number of carboxylic acids is 1. The summed E-state index contributed by atoms with van der Waals surface area (Å²) >= 11 is 0. The monoisotopic (exact) mass is 835 g/mol. The van der Waals surface area contributed by atoms with E-state index in [1.165, 1.54) is 36.1 Å². The second-order valence-electron chi connectivity index (χ2n) is 14.6. The smallest absolute Gasteiger partial charge is 0.303 e. The van der Waals surface area contributed by atoms with Gasteiger partial charge in [0.2, 0.25) is 5.69 Å². The number of carbonyl (C=O) groups is 1. The number of rotatable bonds is 19. The quantitative estimate of drug-likeness (QED) is 0.0243. The Balaban J connectivity index is 1.77. The Morgan fingerprint density at radius 3 is 2.04 bits per heavy atom. The molecule has 4 rings (SSSR count). The van der Waals surface area contributed by atoms with Gasteiger partial charge in [-0.3, -0.25) is 13.9 Å². The molecule has 0 spiro atoms. The molecule has 308 valence electrons. The second-order valence-corrected chi connectivity index (χ2v) is 17.8. The summed E-state index contributed by atoms with van der Waals surface area (Å²) in [6.07, 6.45) is 8.67. The maximum atomic E-state index is 15.7. The third kappa shape index (κ3) is 10.1. The fraction of sp³-hybridized carbons (Fsp3) is 0.474. The van der Waals surface area contributed by atoms with Gasteiger partial charge in [-0.05, 0) is 71.4 Å². The lowest BCUT2D eigenvalue weighted by Gasteiger charge is -2.30. The Morgan fingerprint density at radius 1 is 0.786 bits per heavy atom. The molecule has 0 aromatic heterocycles. The van der Waals surface area contributed by atoms with Crippen LogP contribution in [0.5, 0.6) is 0 Å². The molecular formula is C38H45F6N2O8S2+. The Labute approximate surface area is 322 Å². The largest absolute Gasteiger partial charge is 0.481 e. The van der Waals surface area contributed by atoms with E-state index in [0.717, 1.165) is 6.07 Å². The first-order valence-electron chi connectivity index (χ1n) is 18.0. The molecule has 18 heteroatoms. The minimum absolute atomic E-state index is 0.00456. The molecule has 2 aliphatic heterocycles. The van der Waals surface area contributed by atoms with Gasteiger partial charge in [-0.15, -0.1) is 0 Å². The van der Waals surface area contributed by atoms with Crippen molar-refractivity contribution < 1.29 is 66.8 Å². The number of aliphatic carboxylic acids is 1. The van der Waals surface area contributed by atoms with E-state index in [1.54, 1.807) is 30.6 Å². The molecule has 1 atom stereocenters. The summed E-state index contributed by atoms with van der Waals surface area (Å²) in [4.78, 5) is 12.1. The molecule has 2 aromatic rings. The van der Waals surface area contributed by atoms with Crippen LogP contribution in [0.3, 0.4) is 0 Å². The summed E-state index contributed by atoms with van der Waals surface area (Å²) in [7, 11) is -8.75. The molecule has 56 heavy (non-hydrogen) atoms. The molecule has 10 nitrogen and oxygen atoms in total. The lowest BCUT2D eigenvalue weighted by Crippen LogP contribution is -2.30. The summed E-state index contributed by atoms with van der Waals surface area (Å²) in [5.41, 5.74) is -2.38. The van der Waals surface area contributed by atoms with Crippen LogP contribution in [0.25, 0.3) is 0 Å². The SMILES string of the molecule is CC1(C)C(/C=C/C=C/C=C2/N(CCCCS(=O)(=O)O)c3c(F)c(F)c(F)c(F)c3C2(C)CCCCS(=O)(=O)O)=[N+](CCCCCC(=O)O)c2c(F)cc(F)cc21. The van der Waals surface area contributed by atoms with E-state index in [9.17, 15) is 43.9 Å². The van der Waals surface area contributed by atoms with Gasteiger partial charge in [0.05, 0.1) is 22.6 Å². The van der Waals surface area contributed by atoms with Crippen LogP contribution >= 0.6 is 0 Å². The number of nitrogens with zero attached hydrogens (tertiary/aromatic N) is 2. The number of allylic oxidation sites excluding steroid dienone is 6. The lowest BCUT2D eigenvalue weighted by atomic mass is 9.76. The van der Waals surface area contributed by atoms with Gasteiger partial charge < -0.3 is 10.0 Å². The molecule has 0 bridgehead atoms. The standard InChI is InChI=1S/C38H44F6N2O8S2/c1-37(2)25-22-24(39)23-26(40)35(25)45(18-10-5-8-16-29(47)48)27(37)14-6-4-7-15-28-38(3,17-9-12-20-55(49,50)51)30-31(41)32(42)33(43)34(44)36(30)46(28)19-11-13-21-56(52,53)54/h4,6-7,14-15,22-23H,5,8-13,16-21H2,1-3H3,(H2-,47,48,49,50,51,52,53,54)/p+1. The van der Waals surface area contributed by atoms with Crippen molar-refractivity contribution >= 4 is 43.3 Å². The molecule has 0 radical (unpaired) electrons. The topological polar surface area (TPSA) is 152 Å². The number of hydrogen-bond acceptors (Lipinski definition) is 6. The third-order valence-corrected chi connectivity index (χ3v) is 11.8. The van der Waals surface area contributed by atoms with Crippen molar-refractivity contribution in [1.82, 2.24) is 0 Å². The van der Waals surface area contributed by atoms with Crippen molar-refractivity contribution in [3.05, 3.63) is 94.2 Å². The van der Waals surface area contributed by atoms with E-state index < -0.39 is 94.7 Å². The Hall–Kier alpha value is -4.00. The molecule has 2 aliphatic rings.